The Morgan fingerprint density at radius 3 is 2.47 bits per heavy atom. The molecule has 1 aromatic carbocycles. The van der Waals surface area contributed by atoms with E-state index in [4.69, 9.17) is 11.3 Å². The summed E-state index contributed by atoms with van der Waals surface area (Å²) in [6, 6.07) is 11.3. The van der Waals surface area contributed by atoms with Gasteiger partial charge in [-0.1, -0.05) is 30.3 Å². The summed E-state index contributed by atoms with van der Waals surface area (Å²) in [7, 11) is 0. The third-order valence-electron chi connectivity index (χ3n) is 2.24. The molecule has 2 nitrogen and oxygen atoms in total. The highest BCUT2D eigenvalue weighted by atomic mass is 16.3. The lowest BCUT2D eigenvalue weighted by molar-refractivity contribution is 0.104. The van der Waals surface area contributed by atoms with Gasteiger partial charge in [-0.3, -0.25) is 4.79 Å². The minimum Gasteiger partial charge on any atom is -0.461 e. The Morgan fingerprint density at radius 2 is 1.93 bits per heavy atom. The fourth-order valence-corrected chi connectivity index (χ4v) is 1.47. The second kappa shape index (κ2) is 3.73. The normalized spacial score (nSPS) is 10.3. The van der Waals surface area contributed by atoms with Crippen LogP contribution in [0.4, 0.5) is 0 Å². The third kappa shape index (κ3) is 1.84. The number of hydrogen-bond acceptors (Lipinski definition) is 2. The van der Waals surface area contributed by atoms with Crippen molar-refractivity contribution in [2.24, 2.45) is 0 Å². The molecule has 0 fully saturated rings. The van der Waals surface area contributed by atoms with Gasteiger partial charge in [0.05, 0.1) is 5.56 Å². The summed E-state index contributed by atoms with van der Waals surface area (Å²) in [4.78, 5) is 11.0. The summed E-state index contributed by atoms with van der Waals surface area (Å²) in [6.45, 7) is 6.94. The Labute approximate surface area is 88.5 Å². The van der Waals surface area contributed by atoms with Crippen molar-refractivity contribution in [1.29, 1.82) is 0 Å². The van der Waals surface area contributed by atoms with E-state index in [0.717, 1.165) is 5.56 Å². The van der Waals surface area contributed by atoms with Crippen LogP contribution in [0, 0.1) is 13.8 Å². The summed E-state index contributed by atoms with van der Waals surface area (Å²) in [6.07, 6.45) is 0. The molecule has 1 aromatic heterocycles. The molecule has 0 spiro atoms. The minimum absolute atomic E-state index is 0.439. The quantitative estimate of drug-likeness (QED) is 0.694. The summed E-state index contributed by atoms with van der Waals surface area (Å²) in [5.74, 6) is 0.765. The molecular formula is C13H10O2. The van der Waals surface area contributed by atoms with Gasteiger partial charge in [-0.15, -0.1) is 0 Å². The lowest BCUT2D eigenvalue weighted by Crippen LogP contribution is -1.90. The van der Waals surface area contributed by atoms with E-state index in [-0.39, 0.29) is 0 Å². The van der Waals surface area contributed by atoms with Gasteiger partial charge < -0.3 is 4.42 Å². The van der Waals surface area contributed by atoms with Crippen molar-refractivity contribution in [3.63, 3.8) is 0 Å². The van der Waals surface area contributed by atoms with Crippen molar-refractivity contribution in [3.8, 4) is 11.3 Å². The summed E-state index contributed by atoms with van der Waals surface area (Å²) in [5, 5.41) is 0. The Kier molecular flexibility index (Phi) is 2.42. The number of hydrogen-bond donors (Lipinski definition) is 0. The molecule has 2 aromatic rings. The molecule has 0 bridgehead atoms. The highest BCUT2D eigenvalue weighted by Crippen LogP contribution is 2.25. The summed E-state index contributed by atoms with van der Waals surface area (Å²) in [5.41, 5.74) is 1.38. The van der Waals surface area contributed by atoms with Crippen LogP contribution < -0.4 is 0 Å². The molecule has 0 atom stereocenters. The number of carbonyl (C=O) groups is 1. The van der Waals surface area contributed by atoms with E-state index in [9.17, 15) is 4.79 Å². The highest BCUT2D eigenvalue weighted by Gasteiger charge is 2.12. The molecule has 74 valence electrons. The van der Waals surface area contributed by atoms with E-state index in [1.807, 2.05) is 30.3 Å². The molecule has 2 heteroatoms. The number of Topliss-reactive ketones (excluding diaryl/α,β-unsaturated/α-hetero) is 1. The maximum atomic E-state index is 11.0. The van der Waals surface area contributed by atoms with Gasteiger partial charge in [0, 0.05) is 12.5 Å². The van der Waals surface area contributed by atoms with Crippen molar-refractivity contribution in [2.45, 2.75) is 6.92 Å². The molecule has 0 aliphatic rings. The Hall–Kier alpha value is -1.83. The molecule has 15 heavy (non-hydrogen) atoms. The van der Waals surface area contributed by atoms with Crippen LogP contribution in [0.2, 0.25) is 0 Å². The van der Waals surface area contributed by atoms with E-state index >= 15 is 0 Å². The number of ketones is 1. The standard InChI is InChI=1S/C13H10O2/c1-9(14)12-8-13(15-10(12)2)11-6-4-3-5-7-11/h1,3-8H,2H3. The van der Waals surface area contributed by atoms with Crippen LogP contribution >= 0.6 is 0 Å². The predicted molar refractivity (Wildman–Crippen MR) is 57.5 cm³/mol. The fraction of sp³-hybridized carbons (Fsp3) is 0.0769. The number of rotatable bonds is 2. The first-order valence-electron chi connectivity index (χ1n) is 4.64. The van der Waals surface area contributed by atoms with Crippen molar-refractivity contribution in [3.05, 3.63) is 54.6 Å². The van der Waals surface area contributed by atoms with Crippen LogP contribution in [-0.4, -0.2) is 5.78 Å². The van der Waals surface area contributed by atoms with Crippen molar-refractivity contribution in [2.75, 3.05) is 0 Å². The molecule has 0 aliphatic heterocycles. The first-order chi connectivity index (χ1) is 7.18. The summed E-state index contributed by atoms with van der Waals surface area (Å²) < 4.78 is 5.46. The van der Waals surface area contributed by atoms with Crippen LogP contribution in [0.1, 0.15) is 16.1 Å². The molecule has 0 N–H and O–H groups in total. The van der Waals surface area contributed by atoms with E-state index in [0.29, 0.717) is 17.1 Å². The third-order valence-corrected chi connectivity index (χ3v) is 2.24. The van der Waals surface area contributed by atoms with Gasteiger partial charge in [0.25, 0.3) is 0 Å². The van der Waals surface area contributed by atoms with Crippen molar-refractivity contribution < 1.29 is 9.21 Å². The average molecular weight is 198 g/mol. The van der Waals surface area contributed by atoms with E-state index in [2.05, 4.69) is 0 Å². The van der Waals surface area contributed by atoms with E-state index in [1.165, 1.54) is 0 Å². The molecule has 2 radical (unpaired) electrons. The van der Waals surface area contributed by atoms with Crippen LogP contribution in [0.25, 0.3) is 11.3 Å². The van der Waals surface area contributed by atoms with Gasteiger partial charge in [-0.05, 0) is 13.0 Å². The molecule has 0 saturated carbocycles. The zero-order valence-electron chi connectivity index (χ0n) is 8.36. The fourth-order valence-electron chi connectivity index (χ4n) is 1.47. The second-order valence-corrected chi connectivity index (χ2v) is 3.31. The van der Waals surface area contributed by atoms with Gasteiger partial charge in [-0.25, -0.2) is 0 Å². The van der Waals surface area contributed by atoms with E-state index < -0.39 is 5.78 Å². The maximum absolute atomic E-state index is 11.0. The van der Waals surface area contributed by atoms with Crippen LogP contribution in [0.15, 0.2) is 40.8 Å². The smallest absolute Gasteiger partial charge is 0.170 e. The highest BCUT2D eigenvalue weighted by molar-refractivity contribution is 6.00. The Morgan fingerprint density at radius 1 is 1.27 bits per heavy atom. The number of aryl methyl sites for hydroxylation is 1. The lowest BCUT2D eigenvalue weighted by atomic mass is 10.1. The van der Waals surface area contributed by atoms with Gasteiger partial charge >= 0.3 is 0 Å². The maximum Gasteiger partial charge on any atom is 0.170 e. The topological polar surface area (TPSA) is 30.2 Å². The van der Waals surface area contributed by atoms with Crippen molar-refractivity contribution >= 4 is 5.78 Å². The first kappa shape index (κ1) is 9.71. The predicted octanol–water partition coefficient (Wildman–Crippen LogP) is 3.15. The molecule has 2 rings (SSSR count). The van der Waals surface area contributed by atoms with Gasteiger partial charge in [0.1, 0.15) is 11.5 Å². The number of carbonyl (C=O) groups excluding carboxylic acids is 1. The minimum atomic E-state index is -0.460. The van der Waals surface area contributed by atoms with Crippen molar-refractivity contribution in [1.82, 2.24) is 0 Å². The molecule has 0 unspecified atom stereocenters. The molecule has 0 saturated heterocycles. The van der Waals surface area contributed by atoms with E-state index in [1.54, 1.807) is 13.0 Å². The lowest BCUT2D eigenvalue weighted by Gasteiger charge is -1.93. The van der Waals surface area contributed by atoms with Gasteiger partial charge in [0.15, 0.2) is 5.78 Å². The first-order valence-corrected chi connectivity index (χ1v) is 4.64. The average Bonchev–Trinajstić information content (AvgIpc) is 2.62. The van der Waals surface area contributed by atoms with Gasteiger partial charge in [-0.2, -0.15) is 0 Å². The Bertz CT molecular complexity index is 480. The SMILES string of the molecule is [CH]C(=O)c1cc(-c2ccccc2)oc1C. The molecule has 0 amide bonds. The number of benzene rings is 1. The summed E-state index contributed by atoms with van der Waals surface area (Å²) >= 11 is 0. The Balaban J connectivity index is 2.48. The molecular weight excluding hydrogens is 188 g/mol. The molecule has 0 aliphatic carbocycles. The zero-order chi connectivity index (χ0) is 10.8. The monoisotopic (exact) mass is 198 g/mol. The zero-order valence-corrected chi connectivity index (χ0v) is 8.36. The van der Waals surface area contributed by atoms with Crippen LogP contribution in [-0.2, 0) is 0 Å². The van der Waals surface area contributed by atoms with Crippen LogP contribution in [0.3, 0.4) is 0 Å². The van der Waals surface area contributed by atoms with Crippen LogP contribution in [0.5, 0.6) is 0 Å². The van der Waals surface area contributed by atoms with Gasteiger partial charge in [0.2, 0.25) is 0 Å². The largest absolute Gasteiger partial charge is 0.461 e. The number of furan rings is 1. The molecule has 1 heterocycles. The second-order valence-electron chi connectivity index (χ2n) is 3.31.